The summed E-state index contributed by atoms with van der Waals surface area (Å²) in [5.74, 6) is 1.01. The van der Waals surface area contributed by atoms with Gasteiger partial charge in [0.15, 0.2) is 0 Å². The summed E-state index contributed by atoms with van der Waals surface area (Å²) in [6, 6.07) is 8.95. The quantitative estimate of drug-likeness (QED) is 0.796. The van der Waals surface area contributed by atoms with Gasteiger partial charge in [-0.3, -0.25) is 0 Å². The minimum absolute atomic E-state index is 0.388. The Morgan fingerprint density at radius 2 is 2.05 bits per heavy atom. The first kappa shape index (κ1) is 15.1. The standard InChI is InChI=1S/C17H23NOS/c1-12-10-13(2)14(3)16(11-12)19-8-7-18-15(4)17-6-5-9-20-17/h5-6,9-11,15,18H,7-8H2,1-4H3. The Morgan fingerprint density at radius 3 is 2.75 bits per heavy atom. The van der Waals surface area contributed by atoms with Crippen LogP contribution in [0.3, 0.4) is 0 Å². The molecule has 108 valence electrons. The Labute approximate surface area is 125 Å². The molecule has 0 bridgehead atoms. The molecule has 2 nitrogen and oxygen atoms in total. The van der Waals surface area contributed by atoms with Gasteiger partial charge in [0, 0.05) is 17.5 Å². The van der Waals surface area contributed by atoms with Crippen molar-refractivity contribution in [2.75, 3.05) is 13.2 Å². The van der Waals surface area contributed by atoms with Crippen LogP contribution < -0.4 is 10.1 Å². The van der Waals surface area contributed by atoms with Gasteiger partial charge in [-0.15, -0.1) is 11.3 Å². The van der Waals surface area contributed by atoms with E-state index in [1.165, 1.54) is 21.6 Å². The Balaban J connectivity index is 1.82. The van der Waals surface area contributed by atoms with Crippen molar-refractivity contribution < 1.29 is 4.74 Å². The highest BCUT2D eigenvalue weighted by atomic mass is 32.1. The summed E-state index contributed by atoms with van der Waals surface area (Å²) < 4.78 is 5.91. The molecule has 1 atom stereocenters. The average molecular weight is 289 g/mol. The Morgan fingerprint density at radius 1 is 1.25 bits per heavy atom. The highest BCUT2D eigenvalue weighted by molar-refractivity contribution is 7.10. The first-order chi connectivity index (χ1) is 9.58. The van der Waals surface area contributed by atoms with E-state index in [1.54, 1.807) is 11.3 Å². The predicted molar refractivity (Wildman–Crippen MR) is 86.9 cm³/mol. The lowest BCUT2D eigenvalue weighted by Gasteiger charge is -2.15. The van der Waals surface area contributed by atoms with Gasteiger partial charge in [-0.1, -0.05) is 12.1 Å². The number of thiophene rings is 1. The summed E-state index contributed by atoms with van der Waals surface area (Å²) in [5.41, 5.74) is 3.78. The Hall–Kier alpha value is -1.32. The Kier molecular flexibility index (Phi) is 5.21. The smallest absolute Gasteiger partial charge is 0.122 e. The van der Waals surface area contributed by atoms with Crippen LogP contribution in [0, 0.1) is 20.8 Å². The van der Waals surface area contributed by atoms with Crippen LogP contribution in [0.1, 0.15) is 34.5 Å². The molecule has 0 saturated heterocycles. The maximum Gasteiger partial charge on any atom is 0.122 e. The van der Waals surface area contributed by atoms with Crippen LogP contribution in [0.25, 0.3) is 0 Å². The SMILES string of the molecule is Cc1cc(C)c(C)c(OCCNC(C)c2cccs2)c1. The molecule has 0 aliphatic rings. The van der Waals surface area contributed by atoms with Crippen molar-refractivity contribution in [1.82, 2.24) is 5.32 Å². The molecule has 1 aromatic heterocycles. The van der Waals surface area contributed by atoms with Crippen molar-refractivity contribution in [3.8, 4) is 5.75 Å². The number of aryl methyl sites for hydroxylation is 2. The van der Waals surface area contributed by atoms with Crippen LogP contribution in [0.2, 0.25) is 0 Å². The van der Waals surface area contributed by atoms with E-state index < -0.39 is 0 Å². The number of ether oxygens (including phenoxy) is 1. The van der Waals surface area contributed by atoms with Gasteiger partial charge in [0.05, 0.1) is 0 Å². The minimum atomic E-state index is 0.388. The summed E-state index contributed by atoms with van der Waals surface area (Å²) in [6.45, 7) is 10.1. The normalized spacial score (nSPS) is 12.4. The van der Waals surface area contributed by atoms with Crippen molar-refractivity contribution in [3.63, 3.8) is 0 Å². The molecule has 0 aliphatic heterocycles. The number of nitrogens with one attached hydrogen (secondary N) is 1. The van der Waals surface area contributed by atoms with Crippen LogP contribution in [0.5, 0.6) is 5.75 Å². The maximum absolute atomic E-state index is 5.91. The lowest BCUT2D eigenvalue weighted by molar-refractivity contribution is 0.305. The van der Waals surface area contributed by atoms with Gasteiger partial charge in [0.25, 0.3) is 0 Å². The van der Waals surface area contributed by atoms with Crippen LogP contribution in [0.4, 0.5) is 0 Å². The summed E-state index contributed by atoms with van der Waals surface area (Å²) in [6.07, 6.45) is 0. The van der Waals surface area contributed by atoms with Gasteiger partial charge in [-0.05, 0) is 61.9 Å². The average Bonchev–Trinajstić information content (AvgIpc) is 2.93. The molecule has 0 fully saturated rings. The van der Waals surface area contributed by atoms with Gasteiger partial charge < -0.3 is 10.1 Å². The van der Waals surface area contributed by atoms with Crippen LogP contribution >= 0.6 is 11.3 Å². The van der Waals surface area contributed by atoms with Gasteiger partial charge in [0.2, 0.25) is 0 Å². The molecule has 2 aromatic rings. The van der Waals surface area contributed by atoms with Crippen molar-refractivity contribution in [2.24, 2.45) is 0 Å². The second kappa shape index (κ2) is 6.91. The van der Waals surface area contributed by atoms with Crippen molar-refractivity contribution in [2.45, 2.75) is 33.7 Å². The predicted octanol–water partition coefficient (Wildman–Crippen LogP) is 4.40. The first-order valence-corrected chi connectivity index (χ1v) is 7.93. The molecule has 3 heteroatoms. The van der Waals surface area contributed by atoms with Crippen molar-refractivity contribution >= 4 is 11.3 Å². The zero-order valence-corrected chi connectivity index (χ0v) is 13.5. The van der Waals surface area contributed by atoms with Gasteiger partial charge in [0.1, 0.15) is 12.4 Å². The number of benzene rings is 1. The summed E-state index contributed by atoms with van der Waals surface area (Å²) >= 11 is 1.79. The molecule has 0 aliphatic carbocycles. The largest absolute Gasteiger partial charge is 0.492 e. The zero-order chi connectivity index (χ0) is 14.5. The molecular weight excluding hydrogens is 266 g/mol. The fourth-order valence-corrected chi connectivity index (χ4v) is 2.98. The van der Waals surface area contributed by atoms with Crippen LogP contribution in [-0.2, 0) is 0 Å². The molecule has 20 heavy (non-hydrogen) atoms. The molecule has 0 amide bonds. The van der Waals surface area contributed by atoms with E-state index in [4.69, 9.17) is 4.74 Å². The molecule has 1 aromatic carbocycles. The fourth-order valence-electron chi connectivity index (χ4n) is 2.23. The van der Waals surface area contributed by atoms with E-state index in [1.807, 2.05) is 0 Å². The van der Waals surface area contributed by atoms with E-state index in [-0.39, 0.29) is 0 Å². The molecule has 1 unspecified atom stereocenters. The van der Waals surface area contributed by atoms with E-state index in [2.05, 4.69) is 62.7 Å². The summed E-state index contributed by atoms with van der Waals surface area (Å²) in [7, 11) is 0. The molecule has 1 heterocycles. The maximum atomic E-state index is 5.91. The summed E-state index contributed by atoms with van der Waals surface area (Å²) in [5, 5.41) is 5.60. The third kappa shape index (κ3) is 3.84. The summed E-state index contributed by atoms with van der Waals surface area (Å²) in [4.78, 5) is 1.37. The number of hydrogen-bond acceptors (Lipinski definition) is 3. The lowest BCUT2D eigenvalue weighted by atomic mass is 10.1. The molecule has 0 saturated carbocycles. The highest BCUT2D eigenvalue weighted by Crippen LogP contribution is 2.23. The van der Waals surface area contributed by atoms with Crippen molar-refractivity contribution in [3.05, 3.63) is 51.2 Å². The van der Waals surface area contributed by atoms with E-state index >= 15 is 0 Å². The topological polar surface area (TPSA) is 21.3 Å². The molecular formula is C17H23NOS. The minimum Gasteiger partial charge on any atom is -0.492 e. The third-order valence-corrected chi connectivity index (χ3v) is 4.60. The van der Waals surface area contributed by atoms with Crippen LogP contribution in [-0.4, -0.2) is 13.2 Å². The van der Waals surface area contributed by atoms with E-state index in [9.17, 15) is 0 Å². The molecule has 0 radical (unpaired) electrons. The zero-order valence-electron chi connectivity index (χ0n) is 12.7. The molecule has 2 rings (SSSR count). The monoisotopic (exact) mass is 289 g/mol. The van der Waals surface area contributed by atoms with Crippen molar-refractivity contribution in [1.29, 1.82) is 0 Å². The second-order valence-electron chi connectivity index (χ2n) is 5.24. The molecule has 0 spiro atoms. The lowest BCUT2D eigenvalue weighted by Crippen LogP contribution is -2.23. The van der Waals surface area contributed by atoms with Gasteiger partial charge in [-0.25, -0.2) is 0 Å². The van der Waals surface area contributed by atoms with Gasteiger partial charge in [-0.2, -0.15) is 0 Å². The van der Waals surface area contributed by atoms with E-state index in [0.29, 0.717) is 12.6 Å². The highest BCUT2D eigenvalue weighted by Gasteiger charge is 2.06. The first-order valence-electron chi connectivity index (χ1n) is 7.05. The third-order valence-electron chi connectivity index (χ3n) is 3.54. The van der Waals surface area contributed by atoms with Crippen LogP contribution in [0.15, 0.2) is 29.6 Å². The second-order valence-corrected chi connectivity index (χ2v) is 6.22. The Bertz CT molecular complexity index is 548. The fraction of sp³-hybridized carbons (Fsp3) is 0.412. The van der Waals surface area contributed by atoms with Gasteiger partial charge >= 0.3 is 0 Å². The number of hydrogen-bond donors (Lipinski definition) is 1. The van der Waals surface area contributed by atoms with E-state index in [0.717, 1.165) is 12.3 Å². The molecule has 1 N–H and O–H groups in total. The number of rotatable bonds is 6.